The molecule has 0 unspecified atom stereocenters. The number of anilines is 2. The normalized spacial score (nSPS) is 14.9. The highest BCUT2D eigenvalue weighted by Gasteiger charge is 2.18. The summed E-state index contributed by atoms with van der Waals surface area (Å²) in [5.74, 6) is 2.47. The van der Waals surface area contributed by atoms with Crippen molar-refractivity contribution in [3.05, 3.63) is 66.5 Å². The molecule has 4 rings (SSSR count). The molecule has 0 radical (unpaired) electrons. The summed E-state index contributed by atoms with van der Waals surface area (Å²) in [7, 11) is 0. The number of piperidine rings is 1. The van der Waals surface area contributed by atoms with E-state index in [2.05, 4.69) is 40.3 Å². The Labute approximate surface area is 160 Å². The summed E-state index contributed by atoms with van der Waals surface area (Å²) in [5, 5.41) is 3.38. The standard InChI is InChI=1S/C22H25N5/c1-17-9-13-27(14-10-17)21-15-20(19-5-3-2-4-6-19)25-22(26-21)24-16-18-7-11-23-12-8-18/h2-8,11-12,15,17H,9-10,13-14,16H2,1H3,(H,24,25,26). The summed E-state index contributed by atoms with van der Waals surface area (Å²) in [6.45, 7) is 5.11. The number of pyridine rings is 1. The fraction of sp³-hybridized carbons (Fsp3) is 0.318. The van der Waals surface area contributed by atoms with Crippen molar-refractivity contribution in [2.75, 3.05) is 23.3 Å². The third-order valence-corrected chi connectivity index (χ3v) is 5.09. The summed E-state index contributed by atoms with van der Waals surface area (Å²) in [6.07, 6.45) is 6.03. The average molecular weight is 359 g/mol. The largest absolute Gasteiger partial charge is 0.356 e. The Morgan fingerprint density at radius 3 is 2.48 bits per heavy atom. The minimum atomic E-state index is 0.668. The van der Waals surface area contributed by atoms with E-state index in [0.29, 0.717) is 12.5 Å². The van der Waals surface area contributed by atoms with Crippen LogP contribution in [0.2, 0.25) is 0 Å². The maximum Gasteiger partial charge on any atom is 0.225 e. The van der Waals surface area contributed by atoms with Crippen LogP contribution in [-0.4, -0.2) is 28.0 Å². The molecule has 3 aromatic rings. The fourth-order valence-corrected chi connectivity index (χ4v) is 3.35. The predicted molar refractivity (Wildman–Crippen MR) is 110 cm³/mol. The quantitative estimate of drug-likeness (QED) is 0.732. The first-order chi connectivity index (χ1) is 13.3. The van der Waals surface area contributed by atoms with Crippen LogP contribution in [0.3, 0.4) is 0 Å². The van der Waals surface area contributed by atoms with Crippen LogP contribution in [0.15, 0.2) is 60.9 Å². The molecule has 1 aromatic carbocycles. The lowest BCUT2D eigenvalue weighted by atomic mass is 9.99. The van der Waals surface area contributed by atoms with E-state index >= 15 is 0 Å². The maximum absolute atomic E-state index is 4.81. The molecule has 0 saturated carbocycles. The number of rotatable bonds is 5. The van der Waals surface area contributed by atoms with Gasteiger partial charge >= 0.3 is 0 Å². The van der Waals surface area contributed by atoms with Gasteiger partial charge in [-0.2, -0.15) is 4.98 Å². The zero-order chi connectivity index (χ0) is 18.5. The highest BCUT2D eigenvalue weighted by Crippen LogP contribution is 2.27. The second-order valence-corrected chi connectivity index (χ2v) is 7.18. The lowest BCUT2D eigenvalue weighted by molar-refractivity contribution is 0.436. The van der Waals surface area contributed by atoms with E-state index < -0.39 is 0 Å². The van der Waals surface area contributed by atoms with Crippen molar-refractivity contribution in [3.63, 3.8) is 0 Å². The second-order valence-electron chi connectivity index (χ2n) is 7.18. The molecule has 0 atom stereocenters. The Kier molecular flexibility index (Phi) is 5.28. The molecule has 0 aliphatic carbocycles. The zero-order valence-corrected chi connectivity index (χ0v) is 15.7. The van der Waals surface area contributed by atoms with Crippen molar-refractivity contribution < 1.29 is 0 Å². The molecule has 0 amide bonds. The van der Waals surface area contributed by atoms with Gasteiger partial charge in [0, 0.05) is 43.7 Å². The molecule has 138 valence electrons. The Morgan fingerprint density at radius 1 is 1.00 bits per heavy atom. The zero-order valence-electron chi connectivity index (χ0n) is 15.7. The molecule has 5 heteroatoms. The number of hydrogen-bond acceptors (Lipinski definition) is 5. The smallest absolute Gasteiger partial charge is 0.225 e. The number of aromatic nitrogens is 3. The van der Waals surface area contributed by atoms with Gasteiger partial charge in [-0.15, -0.1) is 0 Å². The Balaban J connectivity index is 1.62. The van der Waals surface area contributed by atoms with Gasteiger partial charge in [-0.3, -0.25) is 4.98 Å². The summed E-state index contributed by atoms with van der Waals surface area (Å²) >= 11 is 0. The average Bonchev–Trinajstić information content (AvgIpc) is 2.74. The first kappa shape index (κ1) is 17.5. The molecule has 1 saturated heterocycles. The molecule has 5 nitrogen and oxygen atoms in total. The van der Waals surface area contributed by atoms with Gasteiger partial charge in [0.05, 0.1) is 5.69 Å². The van der Waals surface area contributed by atoms with Crippen molar-refractivity contribution in [1.29, 1.82) is 0 Å². The van der Waals surface area contributed by atoms with Gasteiger partial charge in [0.15, 0.2) is 0 Å². The third-order valence-electron chi connectivity index (χ3n) is 5.09. The fourth-order valence-electron chi connectivity index (χ4n) is 3.35. The molecule has 3 heterocycles. The third kappa shape index (κ3) is 4.42. The molecule has 1 aliphatic heterocycles. The van der Waals surface area contributed by atoms with E-state index in [4.69, 9.17) is 9.97 Å². The lowest BCUT2D eigenvalue weighted by Gasteiger charge is -2.31. The summed E-state index contributed by atoms with van der Waals surface area (Å²) < 4.78 is 0. The summed E-state index contributed by atoms with van der Waals surface area (Å²) in [5.41, 5.74) is 3.22. The number of benzene rings is 1. The second kappa shape index (κ2) is 8.16. The molecule has 1 N–H and O–H groups in total. The van der Waals surface area contributed by atoms with Crippen LogP contribution >= 0.6 is 0 Å². The minimum Gasteiger partial charge on any atom is -0.356 e. The monoisotopic (exact) mass is 359 g/mol. The van der Waals surface area contributed by atoms with Crippen LogP contribution in [0.1, 0.15) is 25.3 Å². The van der Waals surface area contributed by atoms with Crippen molar-refractivity contribution in [1.82, 2.24) is 15.0 Å². The molecule has 0 bridgehead atoms. The predicted octanol–water partition coefficient (Wildman–Crippen LogP) is 4.39. The minimum absolute atomic E-state index is 0.668. The van der Waals surface area contributed by atoms with Crippen LogP contribution < -0.4 is 10.2 Å². The van der Waals surface area contributed by atoms with Gasteiger partial charge in [0.1, 0.15) is 5.82 Å². The molecule has 2 aromatic heterocycles. The first-order valence-corrected chi connectivity index (χ1v) is 9.60. The van der Waals surface area contributed by atoms with Crippen LogP contribution in [0.4, 0.5) is 11.8 Å². The molecule has 1 fully saturated rings. The van der Waals surface area contributed by atoms with E-state index in [9.17, 15) is 0 Å². The van der Waals surface area contributed by atoms with Gasteiger partial charge < -0.3 is 10.2 Å². The molecule has 27 heavy (non-hydrogen) atoms. The topological polar surface area (TPSA) is 53.9 Å². The SMILES string of the molecule is CC1CCN(c2cc(-c3ccccc3)nc(NCc3ccncc3)n2)CC1. The van der Waals surface area contributed by atoms with Gasteiger partial charge in [0.2, 0.25) is 5.95 Å². The van der Waals surface area contributed by atoms with Crippen molar-refractivity contribution in [2.45, 2.75) is 26.3 Å². The first-order valence-electron chi connectivity index (χ1n) is 9.60. The maximum atomic E-state index is 4.81. The molecule has 0 spiro atoms. The number of nitrogens with one attached hydrogen (secondary N) is 1. The Hall–Kier alpha value is -2.95. The highest BCUT2D eigenvalue weighted by atomic mass is 15.2. The van der Waals surface area contributed by atoms with Gasteiger partial charge in [-0.25, -0.2) is 4.98 Å². The Bertz CT molecular complexity index is 858. The highest BCUT2D eigenvalue weighted by molar-refractivity contribution is 5.64. The van der Waals surface area contributed by atoms with E-state index in [0.717, 1.165) is 41.6 Å². The van der Waals surface area contributed by atoms with E-state index in [1.165, 1.54) is 12.8 Å². The summed E-state index contributed by atoms with van der Waals surface area (Å²) in [6, 6.07) is 16.4. The van der Waals surface area contributed by atoms with Crippen LogP contribution in [0.5, 0.6) is 0 Å². The van der Waals surface area contributed by atoms with Gasteiger partial charge in [-0.05, 0) is 36.5 Å². The molecular weight excluding hydrogens is 334 g/mol. The lowest BCUT2D eigenvalue weighted by Crippen LogP contribution is -2.33. The van der Waals surface area contributed by atoms with Crippen LogP contribution in [0.25, 0.3) is 11.3 Å². The van der Waals surface area contributed by atoms with Crippen LogP contribution in [0, 0.1) is 5.92 Å². The Morgan fingerprint density at radius 2 is 1.74 bits per heavy atom. The van der Waals surface area contributed by atoms with E-state index in [-0.39, 0.29) is 0 Å². The van der Waals surface area contributed by atoms with Gasteiger partial charge in [0.25, 0.3) is 0 Å². The number of nitrogens with zero attached hydrogens (tertiary/aromatic N) is 4. The van der Waals surface area contributed by atoms with Gasteiger partial charge in [-0.1, -0.05) is 37.3 Å². The summed E-state index contributed by atoms with van der Waals surface area (Å²) in [4.78, 5) is 16.0. The van der Waals surface area contributed by atoms with Crippen molar-refractivity contribution in [2.24, 2.45) is 5.92 Å². The molecule has 1 aliphatic rings. The molecular formula is C22H25N5. The van der Waals surface area contributed by atoms with E-state index in [1.807, 2.05) is 30.3 Å². The van der Waals surface area contributed by atoms with Crippen molar-refractivity contribution in [3.8, 4) is 11.3 Å². The van der Waals surface area contributed by atoms with E-state index in [1.54, 1.807) is 12.4 Å². The van der Waals surface area contributed by atoms with Crippen LogP contribution in [-0.2, 0) is 6.54 Å². The van der Waals surface area contributed by atoms with Crippen molar-refractivity contribution >= 4 is 11.8 Å². The number of hydrogen-bond donors (Lipinski definition) is 1.